The van der Waals surface area contributed by atoms with E-state index in [-0.39, 0.29) is 6.10 Å². The molecule has 2 atom stereocenters. The molecule has 0 bridgehead atoms. The van der Waals surface area contributed by atoms with E-state index in [0.717, 1.165) is 81.5 Å². The van der Waals surface area contributed by atoms with Crippen LogP contribution in [0.5, 0.6) is 17.2 Å². The molecule has 1 fully saturated rings. The average molecular weight is 508 g/mol. The molecule has 4 heterocycles. The first-order valence-corrected chi connectivity index (χ1v) is 12.9. The van der Waals surface area contributed by atoms with Gasteiger partial charge in [0.05, 0.1) is 40.0 Å². The molecule has 0 unspecified atom stereocenters. The summed E-state index contributed by atoms with van der Waals surface area (Å²) in [6.07, 6.45) is 4.50. The molecule has 3 aromatic carbocycles. The molecule has 0 amide bonds. The van der Waals surface area contributed by atoms with E-state index in [1.54, 1.807) is 6.33 Å². The molecule has 2 aliphatic heterocycles. The lowest BCUT2D eigenvalue weighted by Crippen LogP contribution is -2.57. The van der Waals surface area contributed by atoms with E-state index in [4.69, 9.17) is 9.47 Å². The summed E-state index contributed by atoms with van der Waals surface area (Å²) in [6, 6.07) is 16.4. The summed E-state index contributed by atoms with van der Waals surface area (Å²) in [7, 11) is 4.12. The summed E-state index contributed by atoms with van der Waals surface area (Å²) in [5, 5.41) is 7.90. The van der Waals surface area contributed by atoms with Crippen LogP contribution in [0.3, 0.4) is 0 Å². The van der Waals surface area contributed by atoms with Crippen molar-refractivity contribution in [3.63, 3.8) is 0 Å². The Kier molecular flexibility index (Phi) is 5.33. The van der Waals surface area contributed by atoms with Crippen molar-refractivity contribution in [2.75, 3.05) is 30.4 Å². The van der Waals surface area contributed by atoms with Crippen LogP contribution < -0.4 is 25.0 Å². The van der Waals surface area contributed by atoms with Gasteiger partial charge < -0.3 is 29.6 Å². The quantitative estimate of drug-likeness (QED) is 0.354. The first-order chi connectivity index (χ1) is 18.5. The van der Waals surface area contributed by atoms with Crippen LogP contribution in [0.4, 0.5) is 17.2 Å². The highest BCUT2D eigenvalue weighted by molar-refractivity contribution is 6.00. The number of anilines is 3. The molecule has 38 heavy (non-hydrogen) atoms. The van der Waals surface area contributed by atoms with E-state index in [1.165, 1.54) is 0 Å². The van der Waals surface area contributed by atoms with E-state index < -0.39 is 0 Å². The molecule has 1 saturated heterocycles. The predicted octanol–water partition coefficient (Wildman–Crippen LogP) is 4.92. The van der Waals surface area contributed by atoms with E-state index in [1.807, 2.05) is 61.3 Å². The number of nitrogens with zero attached hydrogens (tertiary/aromatic N) is 5. The van der Waals surface area contributed by atoms with Crippen molar-refractivity contribution in [3.05, 3.63) is 66.7 Å². The molecule has 9 nitrogen and oxygen atoms in total. The van der Waals surface area contributed by atoms with Crippen molar-refractivity contribution < 1.29 is 9.47 Å². The minimum Gasteiger partial charge on any atom is -0.485 e. The van der Waals surface area contributed by atoms with Gasteiger partial charge in [0.25, 0.3) is 0 Å². The molecule has 9 heteroatoms. The third-order valence-corrected chi connectivity index (χ3v) is 7.63. The first-order valence-electron chi connectivity index (χ1n) is 12.9. The predicted molar refractivity (Wildman–Crippen MR) is 149 cm³/mol. The van der Waals surface area contributed by atoms with Crippen molar-refractivity contribution in [2.24, 2.45) is 7.05 Å². The van der Waals surface area contributed by atoms with Gasteiger partial charge in [0, 0.05) is 32.4 Å². The molecule has 192 valence electrons. The van der Waals surface area contributed by atoms with Gasteiger partial charge in [0.2, 0.25) is 0 Å². The zero-order chi connectivity index (χ0) is 25.8. The van der Waals surface area contributed by atoms with E-state index in [9.17, 15) is 0 Å². The fraction of sp³-hybridized carbons (Fsp3) is 0.276. The number of fused-ring (bicyclic) bond motifs is 5. The molecule has 0 aliphatic carbocycles. The van der Waals surface area contributed by atoms with E-state index >= 15 is 0 Å². The van der Waals surface area contributed by atoms with Gasteiger partial charge in [-0.05, 0) is 67.9 Å². The Morgan fingerprint density at radius 3 is 2.84 bits per heavy atom. The van der Waals surface area contributed by atoms with Crippen LogP contribution in [0.2, 0.25) is 0 Å². The summed E-state index contributed by atoms with van der Waals surface area (Å²) in [5.74, 6) is 3.11. The van der Waals surface area contributed by atoms with Crippen LogP contribution in [0.1, 0.15) is 12.0 Å². The zero-order valence-corrected chi connectivity index (χ0v) is 21.6. The molecular formula is C29H29N7O2. The molecule has 2 N–H and O–H groups in total. The number of nitrogens with one attached hydrogen (secondary N) is 2. The highest BCUT2D eigenvalue weighted by Crippen LogP contribution is 2.44. The fourth-order valence-electron chi connectivity index (χ4n) is 5.56. The normalized spacial score (nSPS) is 18.7. The van der Waals surface area contributed by atoms with E-state index in [0.29, 0.717) is 6.04 Å². The number of rotatable bonds is 4. The Morgan fingerprint density at radius 1 is 1.03 bits per heavy atom. The molecule has 5 aromatic rings. The number of benzene rings is 3. The van der Waals surface area contributed by atoms with Crippen LogP contribution >= 0.6 is 0 Å². The van der Waals surface area contributed by atoms with Gasteiger partial charge in [-0.1, -0.05) is 0 Å². The van der Waals surface area contributed by atoms with Gasteiger partial charge in [-0.25, -0.2) is 15.0 Å². The molecular weight excluding hydrogens is 478 g/mol. The first kappa shape index (κ1) is 22.8. The van der Waals surface area contributed by atoms with Crippen molar-refractivity contribution >= 4 is 39.1 Å². The van der Waals surface area contributed by atoms with Gasteiger partial charge in [0.1, 0.15) is 29.7 Å². The SMILES string of the molecule is Cc1cc(Nc2ncnc3ccc4c(c23)O[C@@H]2CCNC[C@@H]2N4C)ccc1Oc1ccc2c(c1)ncn2C. The fourth-order valence-corrected chi connectivity index (χ4v) is 5.56. The maximum Gasteiger partial charge on any atom is 0.156 e. The van der Waals surface area contributed by atoms with Crippen LogP contribution in [0.25, 0.3) is 21.9 Å². The second-order valence-electron chi connectivity index (χ2n) is 10.1. The summed E-state index contributed by atoms with van der Waals surface area (Å²) in [5.41, 5.74) is 5.80. The second kappa shape index (κ2) is 8.88. The number of aromatic nitrogens is 4. The standard InChI is InChI=1S/C29H29N7O2/c1-17-12-18(4-9-25(17)37-19-5-7-22-21(13-19)33-16-35(22)2)34-29-27-20(31-15-32-29)6-8-23-28(27)38-26-10-11-30-14-24(26)36(23)3/h4-9,12-13,15-16,24,26,30H,10-11,14H2,1-3H3,(H,31,32,34)/t24-,26+/m0/s1. The monoisotopic (exact) mass is 507 g/mol. The van der Waals surface area contributed by atoms with Crippen molar-refractivity contribution in [1.82, 2.24) is 24.8 Å². The summed E-state index contributed by atoms with van der Waals surface area (Å²) >= 11 is 0. The highest BCUT2D eigenvalue weighted by atomic mass is 16.5. The lowest BCUT2D eigenvalue weighted by molar-refractivity contribution is 0.127. The minimum atomic E-state index is 0.136. The molecule has 7 rings (SSSR count). The molecule has 0 radical (unpaired) electrons. The maximum atomic E-state index is 6.61. The molecule has 2 aliphatic rings. The Bertz CT molecular complexity index is 1680. The molecule has 2 aromatic heterocycles. The zero-order valence-electron chi connectivity index (χ0n) is 21.6. The van der Waals surface area contributed by atoms with E-state index in [2.05, 4.69) is 49.7 Å². The number of hydrogen-bond donors (Lipinski definition) is 2. The number of ether oxygens (including phenoxy) is 2. The number of piperidine rings is 1. The largest absolute Gasteiger partial charge is 0.485 e. The summed E-state index contributed by atoms with van der Waals surface area (Å²) in [6.45, 7) is 3.91. The number of likely N-dealkylation sites (N-methyl/N-ethyl adjacent to an activating group) is 1. The Morgan fingerprint density at radius 2 is 1.95 bits per heavy atom. The topological polar surface area (TPSA) is 89.4 Å². The summed E-state index contributed by atoms with van der Waals surface area (Å²) in [4.78, 5) is 15.9. The highest BCUT2D eigenvalue weighted by Gasteiger charge is 2.37. The smallest absolute Gasteiger partial charge is 0.156 e. The minimum absolute atomic E-state index is 0.136. The van der Waals surface area contributed by atoms with Gasteiger partial charge in [-0.15, -0.1) is 0 Å². The Balaban J connectivity index is 1.20. The Labute approximate surface area is 220 Å². The third kappa shape index (κ3) is 3.78. The second-order valence-corrected chi connectivity index (χ2v) is 10.1. The van der Waals surface area contributed by atoms with Gasteiger partial charge in [-0.3, -0.25) is 0 Å². The number of aryl methyl sites for hydroxylation is 2. The number of hydrogen-bond acceptors (Lipinski definition) is 8. The average Bonchev–Trinajstić information content (AvgIpc) is 3.30. The van der Waals surface area contributed by atoms with Gasteiger partial charge in [0.15, 0.2) is 5.75 Å². The van der Waals surface area contributed by atoms with Crippen LogP contribution in [0.15, 0.2) is 61.2 Å². The maximum absolute atomic E-state index is 6.61. The summed E-state index contributed by atoms with van der Waals surface area (Å²) < 4.78 is 14.8. The van der Waals surface area contributed by atoms with Crippen molar-refractivity contribution in [1.29, 1.82) is 0 Å². The number of imidazole rings is 1. The molecule has 0 spiro atoms. The molecule has 0 saturated carbocycles. The van der Waals surface area contributed by atoms with Gasteiger partial charge in [-0.2, -0.15) is 0 Å². The third-order valence-electron chi connectivity index (χ3n) is 7.63. The van der Waals surface area contributed by atoms with Crippen molar-refractivity contribution in [2.45, 2.75) is 25.5 Å². The van der Waals surface area contributed by atoms with Crippen LogP contribution in [-0.2, 0) is 7.05 Å². The lowest BCUT2D eigenvalue weighted by Gasteiger charge is -2.44. The van der Waals surface area contributed by atoms with Crippen LogP contribution in [0, 0.1) is 6.92 Å². The van der Waals surface area contributed by atoms with Crippen molar-refractivity contribution in [3.8, 4) is 17.2 Å². The lowest BCUT2D eigenvalue weighted by atomic mass is 9.98. The van der Waals surface area contributed by atoms with Gasteiger partial charge >= 0.3 is 0 Å². The van der Waals surface area contributed by atoms with Crippen LogP contribution in [-0.4, -0.2) is 51.8 Å². The Hall–Kier alpha value is -4.37.